The Hall–Kier alpha value is -2.34. The second kappa shape index (κ2) is 4.10. The Kier molecular flexibility index (Phi) is 2.53. The topological polar surface area (TPSA) is 83.8 Å². The molecule has 19 heavy (non-hydrogen) atoms. The molecule has 3 rings (SSSR count). The van der Waals surface area contributed by atoms with Gasteiger partial charge in [-0.05, 0) is 12.1 Å². The number of halogens is 1. The first-order valence-electron chi connectivity index (χ1n) is 5.48. The van der Waals surface area contributed by atoms with Gasteiger partial charge in [-0.1, -0.05) is 23.7 Å². The number of H-pyrrole nitrogens is 1. The number of carbonyl (C=O) groups is 1. The number of carboxylic acids is 1. The van der Waals surface area contributed by atoms with Crippen LogP contribution >= 0.6 is 11.6 Å². The van der Waals surface area contributed by atoms with Crippen molar-refractivity contribution in [3.8, 4) is 11.3 Å². The minimum absolute atomic E-state index is 0.0419. The quantitative estimate of drug-likeness (QED) is 0.752. The van der Waals surface area contributed by atoms with Crippen LogP contribution in [0.2, 0.25) is 5.15 Å². The van der Waals surface area contributed by atoms with Gasteiger partial charge in [-0.3, -0.25) is 9.78 Å². The highest BCUT2D eigenvalue weighted by molar-refractivity contribution is 6.34. The van der Waals surface area contributed by atoms with Gasteiger partial charge in [0.15, 0.2) is 5.15 Å². The fourth-order valence-electron chi connectivity index (χ4n) is 2.07. The molecule has 2 heterocycles. The predicted octanol–water partition coefficient (Wildman–Crippen LogP) is 2.31. The Balaban J connectivity index is 2.27. The highest BCUT2D eigenvalue weighted by atomic mass is 35.5. The maximum absolute atomic E-state index is 10.9. The van der Waals surface area contributed by atoms with E-state index in [1.54, 1.807) is 11.7 Å². The summed E-state index contributed by atoms with van der Waals surface area (Å²) in [6, 6.07) is 7.03. The van der Waals surface area contributed by atoms with Gasteiger partial charge >= 0.3 is 5.97 Å². The van der Waals surface area contributed by atoms with Gasteiger partial charge in [0, 0.05) is 18.0 Å². The van der Waals surface area contributed by atoms with Crippen LogP contribution < -0.4 is 0 Å². The van der Waals surface area contributed by atoms with E-state index in [0.29, 0.717) is 10.8 Å². The average molecular weight is 277 g/mol. The Morgan fingerprint density at radius 1 is 1.47 bits per heavy atom. The number of hydrogen-bond donors (Lipinski definition) is 2. The SMILES string of the molecule is Cn1nc(Cl)c2cccc(-c3cc(C(=O)O)[nH]n3)c21. The number of rotatable bonds is 2. The molecule has 0 saturated heterocycles. The van der Waals surface area contributed by atoms with Gasteiger partial charge in [0.05, 0.1) is 11.2 Å². The van der Waals surface area contributed by atoms with Crippen LogP contribution in [0.15, 0.2) is 24.3 Å². The number of carboxylic acid groups (broad SMARTS) is 1. The predicted molar refractivity (Wildman–Crippen MR) is 70.3 cm³/mol. The van der Waals surface area contributed by atoms with Crippen LogP contribution in [0.3, 0.4) is 0 Å². The van der Waals surface area contributed by atoms with Crippen LogP contribution in [0.1, 0.15) is 10.5 Å². The number of nitrogens with zero attached hydrogens (tertiary/aromatic N) is 3. The van der Waals surface area contributed by atoms with E-state index < -0.39 is 5.97 Å². The molecule has 6 nitrogen and oxygen atoms in total. The summed E-state index contributed by atoms with van der Waals surface area (Å²) in [6.07, 6.45) is 0. The lowest BCUT2D eigenvalue weighted by Gasteiger charge is -2.01. The Labute approximate surface area is 112 Å². The highest BCUT2D eigenvalue weighted by Gasteiger charge is 2.15. The average Bonchev–Trinajstić information content (AvgIpc) is 2.96. The maximum Gasteiger partial charge on any atom is 0.353 e. The van der Waals surface area contributed by atoms with Crippen molar-refractivity contribution in [1.82, 2.24) is 20.0 Å². The molecule has 2 aromatic heterocycles. The van der Waals surface area contributed by atoms with Crippen LogP contribution in [0.25, 0.3) is 22.2 Å². The molecule has 0 saturated carbocycles. The van der Waals surface area contributed by atoms with E-state index in [2.05, 4.69) is 15.3 Å². The summed E-state index contributed by atoms with van der Waals surface area (Å²) in [6.45, 7) is 0. The van der Waals surface area contributed by atoms with Crippen molar-refractivity contribution < 1.29 is 9.90 Å². The molecular weight excluding hydrogens is 268 g/mol. The highest BCUT2D eigenvalue weighted by Crippen LogP contribution is 2.31. The van der Waals surface area contributed by atoms with Crippen molar-refractivity contribution in [1.29, 1.82) is 0 Å². The zero-order chi connectivity index (χ0) is 13.6. The number of aromatic nitrogens is 4. The maximum atomic E-state index is 10.9. The molecule has 0 atom stereocenters. The standard InChI is InChI=1S/C12H9ClN4O2/c1-17-10-6(3-2-4-7(10)11(13)16-17)8-5-9(12(18)19)15-14-8/h2-5H,1H3,(H,14,15)(H,18,19). The smallest absolute Gasteiger partial charge is 0.353 e. The molecule has 0 amide bonds. The van der Waals surface area contributed by atoms with Crippen LogP contribution in [-0.2, 0) is 7.05 Å². The van der Waals surface area contributed by atoms with Crippen molar-refractivity contribution in [3.05, 3.63) is 35.1 Å². The molecule has 0 bridgehead atoms. The second-order valence-electron chi connectivity index (χ2n) is 4.09. The van der Waals surface area contributed by atoms with Crippen molar-refractivity contribution >= 4 is 28.5 Å². The van der Waals surface area contributed by atoms with Gasteiger partial charge in [-0.2, -0.15) is 10.2 Å². The summed E-state index contributed by atoms with van der Waals surface area (Å²) in [5.74, 6) is -1.05. The minimum atomic E-state index is -1.05. The molecule has 3 aromatic rings. The second-order valence-corrected chi connectivity index (χ2v) is 4.45. The number of aromatic carboxylic acids is 1. The summed E-state index contributed by atoms with van der Waals surface area (Å²) in [7, 11) is 1.78. The zero-order valence-electron chi connectivity index (χ0n) is 9.88. The van der Waals surface area contributed by atoms with Gasteiger partial charge in [0.25, 0.3) is 0 Å². The summed E-state index contributed by atoms with van der Waals surface area (Å²) < 4.78 is 1.65. The van der Waals surface area contributed by atoms with Gasteiger partial charge in [0.2, 0.25) is 0 Å². The fourth-order valence-corrected chi connectivity index (χ4v) is 2.34. The Morgan fingerprint density at radius 2 is 2.26 bits per heavy atom. The van der Waals surface area contributed by atoms with E-state index in [1.165, 1.54) is 6.07 Å². The third-order valence-corrected chi connectivity index (χ3v) is 3.18. The molecule has 0 radical (unpaired) electrons. The first-order valence-corrected chi connectivity index (χ1v) is 5.86. The molecule has 0 aliphatic rings. The number of fused-ring (bicyclic) bond motifs is 1. The number of aromatic amines is 1. The molecule has 96 valence electrons. The van der Waals surface area contributed by atoms with Crippen LogP contribution in [0, 0.1) is 0 Å². The largest absolute Gasteiger partial charge is 0.477 e. The summed E-state index contributed by atoms with van der Waals surface area (Å²) >= 11 is 6.04. The van der Waals surface area contributed by atoms with Gasteiger partial charge < -0.3 is 5.11 Å². The van der Waals surface area contributed by atoms with Gasteiger partial charge in [-0.25, -0.2) is 4.79 Å². The van der Waals surface area contributed by atoms with Crippen molar-refractivity contribution in [2.24, 2.45) is 7.05 Å². The lowest BCUT2D eigenvalue weighted by Crippen LogP contribution is -1.95. The van der Waals surface area contributed by atoms with Crippen molar-refractivity contribution in [2.45, 2.75) is 0 Å². The molecule has 0 aliphatic heterocycles. The lowest BCUT2D eigenvalue weighted by atomic mass is 10.1. The monoisotopic (exact) mass is 276 g/mol. The van der Waals surface area contributed by atoms with Crippen LogP contribution in [0.4, 0.5) is 0 Å². The first-order chi connectivity index (χ1) is 9.08. The third kappa shape index (κ3) is 1.77. The molecule has 7 heteroatoms. The number of benzene rings is 1. The Morgan fingerprint density at radius 3 is 2.95 bits per heavy atom. The number of hydrogen-bond acceptors (Lipinski definition) is 3. The molecule has 1 aromatic carbocycles. The van der Waals surface area contributed by atoms with Crippen LogP contribution in [0.5, 0.6) is 0 Å². The molecule has 0 unspecified atom stereocenters. The molecule has 0 aliphatic carbocycles. The molecular formula is C12H9ClN4O2. The van der Waals surface area contributed by atoms with Gasteiger partial charge in [-0.15, -0.1) is 0 Å². The number of aryl methyl sites for hydroxylation is 1. The first kappa shape index (κ1) is 11.7. The van der Waals surface area contributed by atoms with Gasteiger partial charge in [0.1, 0.15) is 5.69 Å². The fraction of sp³-hybridized carbons (Fsp3) is 0.0833. The summed E-state index contributed by atoms with van der Waals surface area (Å²) in [5.41, 5.74) is 2.18. The Bertz CT molecular complexity index is 790. The van der Waals surface area contributed by atoms with Crippen molar-refractivity contribution in [3.63, 3.8) is 0 Å². The van der Waals surface area contributed by atoms with E-state index in [0.717, 1.165) is 16.5 Å². The third-order valence-electron chi connectivity index (χ3n) is 2.90. The van der Waals surface area contributed by atoms with E-state index in [9.17, 15) is 4.79 Å². The normalized spacial score (nSPS) is 11.1. The molecule has 0 spiro atoms. The van der Waals surface area contributed by atoms with E-state index in [4.69, 9.17) is 16.7 Å². The minimum Gasteiger partial charge on any atom is -0.477 e. The summed E-state index contributed by atoms with van der Waals surface area (Å²) in [5, 5.41) is 20.8. The van der Waals surface area contributed by atoms with E-state index >= 15 is 0 Å². The van der Waals surface area contributed by atoms with E-state index in [1.807, 2.05) is 18.2 Å². The van der Waals surface area contributed by atoms with Crippen molar-refractivity contribution in [2.75, 3.05) is 0 Å². The number of nitrogens with one attached hydrogen (secondary N) is 1. The lowest BCUT2D eigenvalue weighted by molar-refractivity contribution is 0.0690. The molecule has 2 N–H and O–H groups in total. The molecule has 0 fully saturated rings. The zero-order valence-corrected chi connectivity index (χ0v) is 10.6. The van der Waals surface area contributed by atoms with Crippen LogP contribution in [-0.4, -0.2) is 31.1 Å². The summed E-state index contributed by atoms with van der Waals surface area (Å²) in [4.78, 5) is 10.9. The number of para-hydroxylation sites is 1. The van der Waals surface area contributed by atoms with E-state index in [-0.39, 0.29) is 5.69 Å².